The lowest BCUT2D eigenvalue weighted by atomic mass is 9.88. The molecule has 0 bridgehead atoms. The van der Waals surface area contributed by atoms with Gasteiger partial charge in [-0.2, -0.15) is 13.2 Å². The maximum atomic E-state index is 13.3. The molecule has 4 heterocycles. The molecule has 41 heavy (non-hydrogen) atoms. The Labute approximate surface area is 240 Å². The number of imidazole rings is 2. The smallest absolute Gasteiger partial charge is 0.334 e. The number of fused-ring (bicyclic) bond motifs is 1. The van der Waals surface area contributed by atoms with Crippen molar-refractivity contribution in [2.24, 2.45) is 20.0 Å². The maximum Gasteiger partial charge on any atom is 0.391 e. The fourth-order valence-electron chi connectivity index (χ4n) is 6.35. The zero-order chi connectivity index (χ0) is 29.5. The average molecular weight is 567 g/mol. The van der Waals surface area contributed by atoms with Crippen molar-refractivity contribution in [2.45, 2.75) is 78.4 Å². The Balaban J connectivity index is 1.61. The molecule has 9 heteroatoms. The van der Waals surface area contributed by atoms with Crippen molar-refractivity contribution in [3.05, 3.63) is 76.0 Å². The van der Waals surface area contributed by atoms with Crippen LogP contribution in [0.15, 0.2) is 30.6 Å². The molecule has 1 saturated heterocycles. The van der Waals surface area contributed by atoms with E-state index in [1.165, 1.54) is 11.1 Å². The molecule has 0 N–H and O–H groups in total. The first kappa shape index (κ1) is 29.3. The minimum absolute atomic E-state index is 0.0676. The molecule has 4 aromatic rings. The molecule has 0 radical (unpaired) electrons. The number of likely N-dealkylation sites (tertiary alicyclic amines) is 1. The SMILES string of the molecule is CCCc1c(CN2CCC(C(F)(F)F)CC2)c(CC)nc2ccc(C(c3cnc(C)n3C)c3cnc(C)n3C)cc12. The van der Waals surface area contributed by atoms with E-state index in [-0.39, 0.29) is 18.8 Å². The quantitative estimate of drug-likeness (QED) is 0.236. The van der Waals surface area contributed by atoms with Gasteiger partial charge in [0.15, 0.2) is 0 Å². The second kappa shape index (κ2) is 11.6. The van der Waals surface area contributed by atoms with Crippen molar-refractivity contribution in [1.29, 1.82) is 0 Å². The third-order valence-corrected chi connectivity index (χ3v) is 9.02. The molecule has 1 aliphatic heterocycles. The monoisotopic (exact) mass is 566 g/mol. The second-order valence-corrected chi connectivity index (χ2v) is 11.5. The van der Waals surface area contributed by atoms with Crippen molar-refractivity contribution in [2.75, 3.05) is 13.1 Å². The number of pyridine rings is 1. The van der Waals surface area contributed by atoms with Crippen LogP contribution in [-0.4, -0.2) is 48.3 Å². The highest BCUT2D eigenvalue weighted by Crippen LogP contribution is 2.37. The molecule has 0 atom stereocenters. The summed E-state index contributed by atoms with van der Waals surface area (Å²) in [6, 6.07) is 6.57. The van der Waals surface area contributed by atoms with E-state index in [1.807, 2.05) is 40.3 Å². The van der Waals surface area contributed by atoms with Gasteiger partial charge in [0.05, 0.1) is 28.7 Å². The molecular weight excluding hydrogens is 525 g/mol. The van der Waals surface area contributed by atoms with E-state index < -0.39 is 12.1 Å². The van der Waals surface area contributed by atoms with Crippen LogP contribution in [0.25, 0.3) is 10.9 Å². The molecule has 6 nitrogen and oxygen atoms in total. The zero-order valence-corrected chi connectivity index (χ0v) is 25.0. The molecule has 5 rings (SSSR count). The predicted octanol–water partition coefficient (Wildman–Crippen LogP) is 6.79. The molecule has 220 valence electrons. The van der Waals surface area contributed by atoms with Crippen molar-refractivity contribution in [1.82, 2.24) is 29.0 Å². The molecule has 1 aromatic carbocycles. The number of aromatic nitrogens is 5. The molecule has 0 aliphatic carbocycles. The lowest BCUT2D eigenvalue weighted by Crippen LogP contribution is -2.38. The fraction of sp³-hybridized carbons (Fsp3) is 0.531. The summed E-state index contributed by atoms with van der Waals surface area (Å²) in [7, 11) is 4.10. The number of alkyl halides is 3. The Hall–Kier alpha value is -3.20. The first-order valence-electron chi connectivity index (χ1n) is 14.7. The molecule has 0 amide bonds. The molecule has 1 fully saturated rings. The predicted molar refractivity (Wildman–Crippen MR) is 156 cm³/mol. The molecule has 0 spiro atoms. The third kappa shape index (κ3) is 5.65. The number of hydrogen-bond donors (Lipinski definition) is 0. The molecule has 1 aliphatic rings. The van der Waals surface area contributed by atoms with Gasteiger partial charge in [0.25, 0.3) is 0 Å². The zero-order valence-electron chi connectivity index (χ0n) is 25.0. The third-order valence-electron chi connectivity index (χ3n) is 9.02. The molecular formula is C32H41F3N6. The van der Waals surface area contributed by atoms with E-state index in [9.17, 15) is 13.2 Å². The number of hydrogen-bond acceptors (Lipinski definition) is 4. The summed E-state index contributed by atoms with van der Waals surface area (Å²) >= 11 is 0. The summed E-state index contributed by atoms with van der Waals surface area (Å²) in [5.41, 5.74) is 7.80. The van der Waals surface area contributed by atoms with E-state index in [2.05, 4.69) is 56.0 Å². The van der Waals surface area contributed by atoms with Crippen LogP contribution in [0, 0.1) is 19.8 Å². The van der Waals surface area contributed by atoms with Crippen LogP contribution in [-0.2, 0) is 33.5 Å². The van der Waals surface area contributed by atoms with Gasteiger partial charge in [-0.3, -0.25) is 9.88 Å². The minimum atomic E-state index is -4.11. The van der Waals surface area contributed by atoms with Crippen LogP contribution >= 0.6 is 0 Å². The van der Waals surface area contributed by atoms with Crippen LogP contribution in [0.2, 0.25) is 0 Å². The van der Waals surface area contributed by atoms with Gasteiger partial charge < -0.3 is 9.13 Å². The average Bonchev–Trinajstić information content (AvgIpc) is 3.45. The summed E-state index contributed by atoms with van der Waals surface area (Å²) in [6.07, 6.45) is 2.77. The van der Waals surface area contributed by atoms with Gasteiger partial charge in [-0.25, -0.2) is 9.97 Å². The van der Waals surface area contributed by atoms with E-state index in [1.54, 1.807) is 0 Å². The molecule has 0 saturated carbocycles. The van der Waals surface area contributed by atoms with Gasteiger partial charge in [0.1, 0.15) is 11.6 Å². The summed E-state index contributed by atoms with van der Waals surface area (Å²) in [6.45, 7) is 9.87. The maximum absolute atomic E-state index is 13.3. The number of piperidine rings is 1. The molecule has 3 aromatic heterocycles. The van der Waals surface area contributed by atoms with E-state index in [4.69, 9.17) is 4.98 Å². The Bertz CT molecular complexity index is 1480. The summed E-state index contributed by atoms with van der Waals surface area (Å²) in [5, 5.41) is 1.13. The Morgan fingerprint density at radius 3 is 2.02 bits per heavy atom. The van der Waals surface area contributed by atoms with Gasteiger partial charge in [-0.05, 0) is 81.4 Å². The minimum Gasteiger partial charge on any atom is -0.334 e. The Morgan fingerprint density at radius 1 is 0.927 bits per heavy atom. The van der Waals surface area contributed by atoms with Gasteiger partial charge in [0, 0.05) is 44.1 Å². The van der Waals surface area contributed by atoms with E-state index >= 15 is 0 Å². The molecule has 0 unspecified atom stereocenters. The van der Waals surface area contributed by atoms with Gasteiger partial charge >= 0.3 is 6.18 Å². The van der Waals surface area contributed by atoms with Crippen molar-refractivity contribution < 1.29 is 13.2 Å². The van der Waals surface area contributed by atoms with Crippen molar-refractivity contribution in [3.8, 4) is 0 Å². The van der Waals surface area contributed by atoms with Crippen LogP contribution in [0.4, 0.5) is 13.2 Å². The Kier molecular flexibility index (Phi) is 8.28. The lowest BCUT2D eigenvalue weighted by Gasteiger charge is -2.33. The highest BCUT2D eigenvalue weighted by Gasteiger charge is 2.41. The van der Waals surface area contributed by atoms with Crippen LogP contribution in [0.3, 0.4) is 0 Å². The summed E-state index contributed by atoms with van der Waals surface area (Å²) < 4.78 is 44.2. The highest BCUT2D eigenvalue weighted by molar-refractivity contribution is 5.85. The van der Waals surface area contributed by atoms with Gasteiger partial charge in [-0.15, -0.1) is 0 Å². The van der Waals surface area contributed by atoms with Crippen LogP contribution in [0.5, 0.6) is 0 Å². The largest absolute Gasteiger partial charge is 0.391 e. The highest BCUT2D eigenvalue weighted by atomic mass is 19.4. The van der Waals surface area contributed by atoms with E-state index in [0.717, 1.165) is 64.5 Å². The fourth-order valence-corrected chi connectivity index (χ4v) is 6.35. The van der Waals surface area contributed by atoms with Crippen LogP contribution < -0.4 is 0 Å². The normalized spacial score (nSPS) is 15.5. The summed E-state index contributed by atoms with van der Waals surface area (Å²) in [4.78, 5) is 16.5. The number of rotatable bonds is 8. The number of nitrogens with zero attached hydrogens (tertiary/aromatic N) is 6. The second-order valence-electron chi connectivity index (χ2n) is 11.5. The first-order valence-corrected chi connectivity index (χ1v) is 14.7. The van der Waals surface area contributed by atoms with Crippen molar-refractivity contribution >= 4 is 10.9 Å². The van der Waals surface area contributed by atoms with Crippen LogP contribution in [0.1, 0.15) is 84.4 Å². The summed E-state index contributed by atoms with van der Waals surface area (Å²) in [5.74, 6) is 0.631. The lowest BCUT2D eigenvalue weighted by molar-refractivity contribution is -0.185. The van der Waals surface area contributed by atoms with E-state index in [0.29, 0.717) is 19.6 Å². The number of benzene rings is 1. The van der Waals surface area contributed by atoms with Gasteiger partial charge in [-0.1, -0.05) is 26.3 Å². The first-order chi connectivity index (χ1) is 19.5. The topological polar surface area (TPSA) is 51.8 Å². The van der Waals surface area contributed by atoms with Crippen molar-refractivity contribution in [3.63, 3.8) is 0 Å². The van der Waals surface area contributed by atoms with Gasteiger partial charge in [0.2, 0.25) is 0 Å². The Morgan fingerprint density at radius 2 is 1.54 bits per heavy atom. The standard InChI is InChI=1S/C32H41F3N6/c1-7-9-24-25-16-22(31(29-17-36-20(3)39(29)5)30-18-37-21(4)40(30)6)10-11-28(25)38-27(8-2)26(24)19-41-14-12-23(13-15-41)32(33,34)35/h10-11,16-18,23,31H,7-9,12-15,19H2,1-6H3. The number of halogens is 3. The number of aryl methyl sites for hydroxylation is 4.